The van der Waals surface area contributed by atoms with Gasteiger partial charge in [-0.15, -0.1) is 0 Å². The van der Waals surface area contributed by atoms with E-state index in [0.29, 0.717) is 11.6 Å². The number of hydrogen-bond acceptors (Lipinski definition) is 4. The molecule has 5 nitrogen and oxygen atoms in total. The SMILES string of the molecule is CCN(CC1CCC1)c1cc(S(=O)(=O)NC)ccc1N. The fraction of sp³-hybridized carbons (Fsp3) is 0.571. The summed E-state index contributed by atoms with van der Waals surface area (Å²) in [6, 6.07) is 4.88. The second-order valence-electron chi connectivity index (χ2n) is 5.26. The molecule has 0 amide bonds. The average molecular weight is 297 g/mol. The summed E-state index contributed by atoms with van der Waals surface area (Å²) in [5.74, 6) is 0.707. The summed E-state index contributed by atoms with van der Waals surface area (Å²) in [5.41, 5.74) is 7.47. The highest BCUT2D eigenvalue weighted by molar-refractivity contribution is 7.89. The summed E-state index contributed by atoms with van der Waals surface area (Å²) >= 11 is 0. The Morgan fingerprint density at radius 3 is 2.60 bits per heavy atom. The van der Waals surface area contributed by atoms with Crippen LogP contribution in [0.15, 0.2) is 23.1 Å². The molecule has 0 aliphatic heterocycles. The molecule has 1 saturated carbocycles. The Balaban J connectivity index is 2.30. The molecule has 6 heteroatoms. The lowest BCUT2D eigenvalue weighted by Crippen LogP contribution is -2.33. The first-order chi connectivity index (χ1) is 9.47. The van der Waals surface area contributed by atoms with Gasteiger partial charge in [0, 0.05) is 13.1 Å². The fourth-order valence-electron chi connectivity index (χ4n) is 2.47. The van der Waals surface area contributed by atoms with Crippen LogP contribution in [0.5, 0.6) is 0 Å². The lowest BCUT2D eigenvalue weighted by atomic mass is 9.85. The van der Waals surface area contributed by atoms with Crippen molar-refractivity contribution >= 4 is 21.4 Å². The molecule has 0 saturated heterocycles. The molecule has 1 aliphatic rings. The largest absolute Gasteiger partial charge is 0.397 e. The van der Waals surface area contributed by atoms with Crippen LogP contribution >= 0.6 is 0 Å². The standard InChI is InChI=1S/C14H23N3O2S/c1-3-17(10-11-5-4-6-11)14-9-12(7-8-13(14)15)20(18,19)16-2/h7-9,11,16H,3-6,10,15H2,1-2H3. The zero-order valence-corrected chi connectivity index (χ0v) is 12.9. The normalized spacial score (nSPS) is 15.9. The van der Waals surface area contributed by atoms with Crippen LogP contribution in [0, 0.1) is 5.92 Å². The molecule has 0 bridgehead atoms. The zero-order chi connectivity index (χ0) is 14.8. The third kappa shape index (κ3) is 3.07. The summed E-state index contributed by atoms with van der Waals surface area (Å²) in [6.45, 7) is 3.84. The number of sulfonamides is 1. The van der Waals surface area contributed by atoms with Crippen molar-refractivity contribution in [1.82, 2.24) is 4.72 Å². The van der Waals surface area contributed by atoms with E-state index in [2.05, 4.69) is 16.5 Å². The van der Waals surface area contributed by atoms with E-state index in [1.165, 1.54) is 26.3 Å². The van der Waals surface area contributed by atoms with E-state index in [4.69, 9.17) is 5.73 Å². The number of nitrogens with one attached hydrogen (secondary N) is 1. The number of nitrogens with two attached hydrogens (primary N) is 1. The second kappa shape index (κ2) is 6.01. The average Bonchev–Trinajstić information content (AvgIpc) is 2.39. The van der Waals surface area contributed by atoms with E-state index < -0.39 is 10.0 Å². The van der Waals surface area contributed by atoms with Crippen LogP contribution in [0.2, 0.25) is 0 Å². The highest BCUT2D eigenvalue weighted by atomic mass is 32.2. The van der Waals surface area contributed by atoms with Crippen LogP contribution in [-0.4, -0.2) is 28.6 Å². The van der Waals surface area contributed by atoms with E-state index >= 15 is 0 Å². The summed E-state index contributed by atoms with van der Waals surface area (Å²) in [6.07, 6.45) is 3.81. The molecule has 1 fully saturated rings. The molecule has 1 aromatic carbocycles. The predicted octanol–water partition coefficient (Wildman–Crippen LogP) is 1.80. The molecule has 0 atom stereocenters. The van der Waals surface area contributed by atoms with Crippen LogP contribution in [0.4, 0.5) is 11.4 Å². The van der Waals surface area contributed by atoms with Gasteiger partial charge in [0.05, 0.1) is 16.3 Å². The number of rotatable bonds is 6. The van der Waals surface area contributed by atoms with Gasteiger partial charge in [-0.1, -0.05) is 6.42 Å². The summed E-state index contributed by atoms with van der Waals surface area (Å²) in [4.78, 5) is 2.43. The maximum atomic E-state index is 11.9. The minimum Gasteiger partial charge on any atom is -0.397 e. The number of anilines is 2. The third-order valence-corrected chi connectivity index (χ3v) is 5.42. The summed E-state index contributed by atoms with van der Waals surface area (Å²) in [7, 11) is -2.02. The molecule has 1 aliphatic carbocycles. The van der Waals surface area contributed by atoms with Crippen molar-refractivity contribution in [2.45, 2.75) is 31.1 Å². The van der Waals surface area contributed by atoms with Gasteiger partial charge in [-0.25, -0.2) is 13.1 Å². The highest BCUT2D eigenvalue weighted by Gasteiger charge is 2.22. The predicted molar refractivity (Wildman–Crippen MR) is 82.3 cm³/mol. The second-order valence-corrected chi connectivity index (χ2v) is 7.15. The number of benzene rings is 1. The molecular weight excluding hydrogens is 274 g/mol. The summed E-state index contributed by atoms with van der Waals surface area (Å²) < 4.78 is 26.1. The molecule has 1 aromatic rings. The van der Waals surface area contributed by atoms with Crippen molar-refractivity contribution in [2.75, 3.05) is 30.8 Å². The van der Waals surface area contributed by atoms with Crippen LogP contribution in [0.1, 0.15) is 26.2 Å². The minimum absolute atomic E-state index is 0.260. The Kier molecular flexibility index (Phi) is 4.55. The van der Waals surface area contributed by atoms with Gasteiger partial charge in [0.15, 0.2) is 0 Å². The first-order valence-electron chi connectivity index (χ1n) is 7.06. The van der Waals surface area contributed by atoms with Crippen molar-refractivity contribution in [2.24, 2.45) is 5.92 Å². The first kappa shape index (κ1) is 15.1. The molecule has 0 unspecified atom stereocenters. The van der Waals surface area contributed by atoms with Crippen LogP contribution in [0.25, 0.3) is 0 Å². The Labute approximate surface area is 121 Å². The van der Waals surface area contributed by atoms with Crippen molar-refractivity contribution in [3.05, 3.63) is 18.2 Å². The summed E-state index contributed by atoms with van der Waals surface area (Å²) in [5, 5.41) is 0. The van der Waals surface area contributed by atoms with Gasteiger partial charge in [-0.05, 0) is 50.9 Å². The van der Waals surface area contributed by atoms with E-state index in [0.717, 1.165) is 18.8 Å². The molecule has 20 heavy (non-hydrogen) atoms. The van der Waals surface area contributed by atoms with E-state index in [1.54, 1.807) is 18.2 Å². The number of hydrogen-bond donors (Lipinski definition) is 2. The van der Waals surface area contributed by atoms with Gasteiger partial charge in [-0.3, -0.25) is 0 Å². The van der Waals surface area contributed by atoms with Gasteiger partial charge in [-0.2, -0.15) is 0 Å². The third-order valence-electron chi connectivity index (χ3n) is 4.01. The lowest BCUT2D eigenvalue weighted by molar-refractivity contribution is 0.318. The Bertz CT molecular complexity index is 568. The van der Waals surface area contributed by atoms with Gasteiger partial charge in [0.1, 0.15) is 0 Å². The minimum atomic E-state index is -3.43. The quantitative estimate of drug-likeness (QED) is 0.785. The molecule has 3 N–H and O–H groups in total. The topological polar surface area (TPSA) is 75.4 Å². The number of nitrogens with zero attached hydrogens (tertiary/aromatic N) is 1. The molecule has 0 spiro atoms. The Morgan fingerprint density at radius 2 is 2.10 bits per heavy atom. The van der Waals surface area contributed by atoms with Gasteiger partial charge >= 0.3 is 0 Å². The molecule has 2 rings (SSSR count). The first-order valence-corrected chi connectivity index (χ1v) is 8.54. The smallest absolute Gasteiger partial charge is 0.240 e. The molecular formula is C14H23N3O2S. The van der Waals surface area contributed by atoms with Crippen molar-refractivity contribution in [3.8, 4) is 0 Å². The van der Waals surface area contributed by atoms with Crippen molar-refractivity contribution in [1.29, 1.82) is 0 Å². The van der Waals surface area contributed by atoms with E-state index in [1.807, 2.05) is 0 Å². The monoisotopic (exact) mass is 297 g/mol. The van der Waals surface area contributed by atoms with E-state index in [-0.39, 0.29) is 4.90 Å². The molecule has 0 radical (unpaired) electrons. The lowest BCUT2D eigenvalue weighted by Gasteiger charge is -2.33. The van der Waals surface area contributed by atoms with Gasteiger partial charge in [0.2, 0.25) is 10.0 Å². The Hall–Kier alpha value is -1.27. The van der Waals surface area contributed by atoms with Crippen molar-refractivity contribution in [3.63, 3.8) is 0 Å². The van der Waals surface area contributed by atoms with Crippen LogP contribution in [-0.2, 0) is 10.0 Å². The van der Waals surface area contributed by atoms with Gasteiger partial charge in [0.25, 0.3) is 0 Å². The zero-order valence-electron chi connectivity index (χ0n) is 12.1. The van der Waals surface area contributed by atoms with Crippen LogP contribution < -0.4 is 15.4 Å². The highest BCUT2D eigenvalue weighted by Crippen LogP contribution is 2.32. The van der Waals surface area contributed by atoms with E-state index in [9.17, 15) is 8.42 Å². The maximum absolute atomic E-state index is 11.9. The fourth-order valence-corrected chi connectivity index (χ4v) is 3.22. The number of nitrogen functional groups attached to an aromatic ring is 1. The van der Waals surface area contributed by atoms with Crippen LogP contribution in [0.3, 0.4) is 0 Å². The van der Waals surface area contributed by atoms with Gasteiger partial charge < -0.3 is 10.6 Å². The molecule has 0 heterocycles. The maximum Gasteiger partial charge on any atom is 0.240 e. The van der Waals surface area contributed by atoms with Crippen molar-refractivity contribution < 1.29 is 8.42 Å². The molecule has 112 valence electrons. The Morgan fingerprint density at radius 1 is 1.40 bits per heavy atom. The molecule has 0 aromatic heterocycles.